The molecule has 1 unspecified atom stereocenters. The van der Waals surface area contributed by atoms with Crippen LogP contribution in [0.5, 0.6) is 0 Å². The Balaban J connectivity index is 1.97. The molecule has 0 bridgehead atoms. The van der Waals surface area contributed by atoms with Gasteiger partial charge in [0, 0.05) is 28.5 Å². The first-order chi connectivity index (χ1) is 14.9. The summed E-state index contributed by atoms with van der Waals surface area (Å²) in [6, 6.07) is 15.7. The van der Waals surface area contributed by atoms with Crippen LogP contribution in [-0.2, 0) is 19.1 Å². The molecule has 0 aliphatic rings. The third-order valence-electron chi connectivity index (χ3n) is 4.29. The fraction of sp³-hybridized carbons (Fsp3) is 0.174. The molecular weight excluding hydrogens is 438 g/mol. The maximum absolute atomic E-state index is 13.0. The summed E-state index contributed by atoms with van der Waals surface area (Å²) in [4.78, 5) is 37.3. The van der Waals surface area contributed by atoms with E-state index >= 15 is 0 Å². The maximum Gasteiger partial charge on any atom is 0.341 e. The van der Waals surface area contributed by atoms with Crippen molar-refractivity contribution in [3.05, 3.63) is 76.1 Å². The highest BCUT2D eigenvalue weighted by molar-refractivity contribution is 7.15. The standard InChI is InChI=1S/C23H20ClNO5S/c1-3-29-23(28)19-18(15-9-11-17(24)12-10-15)13-31-22(19)25-21(27)20(30-14(2)26)16-7-5-4-6-8-16/h4-13,20H,3H2,1-2H3,(H,25,27). The third kappa shape index (κ3) is 5.51. The Morgan fingerprint density at radius 2 is 1.74 bits per heavy atom. The second-order valence-electron chi connectivity index (χ2n) is 6.47. The lowest BCUT2D eigenvalue weighted by atomic mass is 10.0. The molecule has 0 saturated carbocycles. The summed E-state index contributed by atoms with van der Waals surface area (Å²) in [5, 5.41) is 5.36. The predicted molar refractivity (Wildman–Crippen MR) is 120 cm³/mol. The Labute approximate surface area is 188 Å². The maximum atomic E-state index is 13.0. The van der Waals surface area contributed by atoms with E-state index in [2.05, 4.69) is 5.32 Å². The lowest BCUT2D eigenvalue weighted by Crippen LogP contribution is -2.25. The molecule has 2 aromatic carbocycles. The Kier molecular flexibility index (Phi) is 7.44. The van der Waals surface area contributed by atoms with Gasteiger partial charge in [0.2, 0.25) is 6.10 Å². The van der Waals surface area contributed by atoms with Crippen molar-refractivity contribution >= 4 is 45.8 Å². The molecule has 0 aliphatic carbocycles. The van der Waals surface area contributed by atoms with Gasteiger partial charge >= 0.3 is 11.9 Å². The highest BCUT2D eigenvalue weighted by atomic mass is 35.5. The van der Waals surface area contributed by atoms with Gasteiger partial charge in [-0.2, -0.15) is 0 Å². The van der Waals surface area contributed by atoms with E-state index in [4.69, 9.17) is 21.1 Å². The zero-order valence-corrected chi connectivity index (χ0v) is 18.5. The van der Waals surface area contributed by atoms with Crippen molar-refractivity contribution in [3.8, 4) is 11.1 Å². The van der Waals surface area contributed by atoms with Gasteiger partial charge in [-0.25, -0.2) is 4.79 Å². The summed E-state index contributed by atoms with van der Waals surface area (Å²) in [5.74, 6) is -1.73. The van der Waals surface area contributed by atoms with Crippen molar-refractivity contribution in [3.63, 3.8) is 0 Å². The predicted octanol–water partition coefficient (Wildman–Crippen LogP) is 5.49. The molecule has 0 saturated heterocycles. The number of hydrogen-bond donors (Lipinski definition) is 1. The fourth-order valence-corrected chi connectivity index (χ4v) is 4.03. The average Bonchev–Trinajstić information content (AvgIpc) is 3.16. The zero-order chi connectivity index (χ0) is 22.4. The molecule has 1 atom stereocenters. The van der Waals surface area contributed by atoms with Crippen molar-refractivity contribution in [1.29, 1.82) is 0 Å². The Morgan fingerprint density at radius 3 is 2.35 bits per heavy atom. The summed E-state index contributed by atoms with van der Waals surface area (Å²) >= 11 is 7.16. The SMILES string of the molecule is CCOC(=O)c1c(-c2ccc(Cl)cc2)csc1NC(=O)C(OC(C)=O)c1ccccc1. The van der Waals surface area contributed by atoms with Crippen LogP contribution in [0.25, 0.3) is 11.1 Å². The first kappa shape index (κ1) is 22.5. The quantitative estimate of drug-likeness (QED) is 0.474. The number of ether oxygens (including phenoxy) is 2. The van der Waals surface area contributed by atoms with E-state index in [9.17, 15) is 14.4 Å². The lowest BCUT2D eigenvalue weighted by molar-refractivity contribution is -0.152. The molecule has 1 N–H and O–H groups in total. The van der Waals surface area contributed by atoms with Crippen LogP contribution >= 0.6 is 22.9 Å². The summed E-state index contributed by atoms with van der Waals surface area (Å²) in [6.45, 7) is 3.12. The summed E-state index contributed by atoms with van der Waals surface area (Å²) in [6.07, 6.45) is -1.16. The van der Waals surface area contributed by atoms with Crippen LogP contribution in [0, 0.1) is 0 Å². The van der Waals surface area contributed by atoms with Gasteiger partial charge in [-0.3, -0.25) is 9.59 Å². The zero-order valence-electron chi connectivity index (χ0n) is 16.9. The molecule has 160 valence electrons. The van der Waals surface area contributed by atoms with Crippen molar-refractivity contribution in [2.45, 2.75) is 20.0 Å². The summed E-state index contributed by atoms with van der Waals surface area (Å²) < 4.78 is 10.5. The number of amides is 1. The second-order valence-corrected chi connectivity index (χ2v) is 7.79. The number of halogens is 1. The number of hydrogen-bond acceptors (Lipinski definition) is 6. The first-order valence-electron chi connectivity index (χ1n) is 9.48. The monoisotopic (exact) mass is 457 g/mol. The van der Waals surface area contributed by atoms with E-state index in [1.165, 1.54) is 18.3 Å². The molecular formula is C23H20ClNO5S. The Morgan fingerprint density at radius 1 is 1.06 bits per heavy atom. The van der Waals surface area contributed by atoms with Gasteiger partial charge < -0.3 is 14.8 Å². The minimum absolute atomic E-state index is 0.183. The van der Waals surface area contributed by atoms with Gasteiger partial charge in [0.1, 0.15) is 10.6 Å². The van der Waals surface area contributed by atoms with Crippen LogP contribution in [0.3, 0.4) is 0 Å². The topological polar surface area (TPSA) is 81.7 Å². The molecule has 1 amide bonds. The van der Waals surface area contributed by atoms with Crippen LogP contribution in [0.1, 0.15) is 35.9 Å². The van der Waals surface area contributed by atoms with Crippen LogP contribution in [0.4, 0.5) is 5.00 Å². The molecule has 0 radical (unpaired) electrons. The molecule has 3 aromatic rings. The Hall–Kier alpha value is -3.16. The van der Waals surface area contributed by atoms with E-state index in [-0.39, 0.29) is 12.2 Å². The number of anilines is 1. The minimum Gasteiger partial charge on any atom is -0.462 e. The van der Waals surface area contributed by atoms with Crippen LogP contribution < -0.4 is 5.32 Å². The Bertz CT molecular complexity index is 1080. The molecule has 3 rings (SSSR count). The molecule has 1 aromatic heterocycles. The number of nitrogens with one attached hydrogen (secondary N) is 1. The summed E-state index contributed by atoms with van der Waals surface area (Å²) in [5.41, 5.74) is 2.11. The second kappa shape index (κ2) is 10.2. The third-order valence-corrected chi connectivity index (χ3v) is 5.43. The van der Waals surface area contributed by atoms with Crippen molar-refractivity contribution in [1.82, 2.24) is 0 Å². The molecule has 0 spiro atoms. The van der Waals surface area contributed by atoms with Gasteiger partial charge in [-0.1, -0.05) is 54.1 Å². The van der Waals surface area contributed by atoms with Gasteiger partial charge in [0.15, 0.2) is 0 Å². The number of carbonyl (C=O) groups excluding carboxylic acids is 3. The molecule has 8 heteroatoms. The van der Waals surface area contributed by atoms with E-state index in [1.807, 2.05) is 0 Å². The van der Waals surface area contributed by atoms with E-state index in [1.54, 1.807) is 66.9 Å². The van der Waals surface area contributed by atoms with E-state index < -0.39 is 23.9 Å². The smallest absolute Gasteiger partial charge is 0.341 e. The van der Waals surface area contributed by atoms with Crippen molar-refractivity contribution < 1.29 is 23.9 Å². The molecule has 31 heavy (non-hydrogen) atoms. The molecule has 0 aliphatic heterocycles. The fourth-order valence-electron chi connectivity index (χ4n) is 2.94. The minimum atomic E-state index is -1.16. The van der Waals surface area contributed by atoms with Crippen molar-refractivity contribution in [2.75, 3.05) is 11.9 Å². The van der Waals surface area contributed by atoms with Gasteiger partial charge in [0.05, 0.1) is 6.61 Å². The van der Waals surface area contributed by atoms with E-state index in [0.29, 0.717) is 21.2 Å². The highest BCUT2D eigenvalue weighted by Gasteiger charge is 2.28. The van der Waals surface area contributed by atoms with E-state index in [0.717, 1.165) is 5.56 Å². The number of thiophene rings is 1. The largest absolute Gasteiger partial charge is 0.462 e. The lowest BCUT2D eigenvalue weighted by Gasteiger charge is -2.17. The van der Waals surface area contributed by atoms with Gasteiger partial charge in [0.25, 0.3) is 5.91 Å². The first-order valence-corrected chi connectivity index (χ1v) is 10.7. The average molecular weight is 458 g/mol. The number of esters is 2. The highest BCUT2D eigenvalue weighted by Crippen LogP contribution is 2.37. The van der Waals surface area contributed by atoms with Gasteiger partial charge in [-0.05, 0) is 24.6 Å². The number of carbonyl (C=O) groups is 3. The molecule has 1 heterocycles. The molecule has 0 fully saturated rings. The van der Waals surface area contributed by atoms with Crippen LogP contribution in [0.15, 0.2) is 60.0 Å². The van der Waals surface area contributed by atoms with Crippen LogP contribution in [-0.4, -0.2) is 24.5 Å². The van der Waals surface area contributed by atoms with Crippen LogP contribution in [0.2, 0.25) is 5.02 Å². The number of rotatable bonds is 7. The number of benzene rings is 2. The normalized spacial score (nSPS) is 11.5. The van der Waals surface area contributed by atoms with Gasteiger partial charge in [-0.15, -0.1) is 11.3 Å². The van der Waals surface area contributed by atoms with Crippen molar-refractivity contribution in [2.24, 2.45) is 0 Å². The summed E-state index contributed by atoms with van der Waals surface area (Å²) in [7, 11) is 0. The molecule has 6 nitrogen and oxygen atoms in total.